The van der Waals surface area contributed by atoms with Gasteiger partial charge in [-0.25, -0.2) is 0 Å². The van der Waals surface area contributed by atoms with Gasteiger partial charge >= 0.3 is 0 Å². The number of rotatable bonds is 3. The molecule has 90 valence electrons. The number of hydrogen-bond acceptors (Lipinski definition) is 4. The van der Waals surface area contributed by atoms with Crippen molar-refractivity contribution < 1.29 is 4.52 Å². The van der Waals surface area contributed by atoms with Crippen molar-refractivity contribution in [2.45, 2.75) is 13.5 Å². The molecule has 0 aliphatic rings. The van der Waals surface area contributed by atoms with Gasteiger partial charge in [0.25, 0.3) is 0 Å². The summed E-state index contributed by atoms with van der Waals surface area (Å²) in [5.41, 5.74) is 2.17. The smallest absolute Gasteiger partial charge is 0.169 e. The SMILES string of the molecule is Cc1cc(NCc2cccc3cccnc23)no1. The first-order valence-corrected chi connectivity index (χ1v) is 5.83. The van der Waals surface area contributed by atoms with Crippen LogP contribution < -0.4 is 5.32 Å². The van der Waals surface area contributed by atoms with Crippen LogP contribution in [-0.2, 0) is 6.54 Å². The summed E-state index contributed by atoms with van der Waals surface area (Å²) in [6, 6.07) is 12.0. The van der Waals surface area contributed by atoms with Gasteiger partial charge in [-0.1, -0.05) is 29.4 Å². The van der Waals surface area contributed by atoms with Crippen LogP contribution in [0.4, 0.5) is 5.82 Å². The number of para-hydroxylation sites is 1. The Morgan fingerprint density at radius 1 is 1.22 bits per heavy atom. The van der Waals surface area contributed by atoms with Crippen molar-refractivity contribution in [3.05, 3.63) is 53.9 Å². The highest BCUT2D eigenvalue weighted by atomic mass is 16.5. The minimum atomic E-state index is 0.681. The minimum absolute atomic E-state index is 0.681. The fourth-order valence-corrected chi connectivity index (χ4v) is 1.95. The minimum Gasteiger partial charge on any atom is -0.363 e. The molecule has 0 saturated heterocycles. The van der Waals surface area contributed by atoms with Crippen molar-refractivity contribution in [3.8, 4) is 0 Å². The van der Waals surface area contributed by atoms with Gasteiger partial charge in [0.15, 0.2) is 5.82 Å². The summed E-state index contributed by atoms with van der Waals surface area (Å²) in [5.74, 6) is 1.55. The number of nitrogens with zero attached hydrogens (tertiary/aromatic N) is 2. The molecule has 3 aromatic rings. The highest BCUT2D eigenvalue weighted by molar-refractivity contribution is 5.81. The van der Waals surface area contributed by atoms with Gasteiger partial charge in [0.2, 0.25) is 0 Å². The lowest BCUT2D eigenvalue weighted by Crippen LogP contribution is -2.00. The van der Waals surface area contributed by atoms with Crippen LogP contribution in [0.3, 0.4) is 0 Å². The van der Waals surface area contributed by atoms with Gasteiger partial charge in [-0.3, -0.25) is 4.98 Å². The zero-order valence-corrected chi connectivity index (χ0v) is 10.1. The second-order valence-electron chi connectivity index (χ2n) is 4.17. The van der Waals surface area contributed by atoms with Gasteiger partial charge in [-0.2, -0.15) is 0 Å². The molecule has 0 bridgehead atoms. The number of nitrogens with one attached hydrogen (secondary N) is 1. The third kappa shape index (κ3) is 2.05. The van der Waals surface area contributed by atoms with E-state index in [4.69, 9.17) is 4.52 Å². The fraction of sp³-hybridized carbons (Fsp3) is 0.143. The molecule has 1 N–H and O–H groups in total. The number of hydrogen-bond donors (Lipinski definition) is 1. The maximum absolute atomic E-state index is 5.01. The first-order valence-electron chi connectivity index (χ1n) is 5.83. The van der Waals surface area contributed by atoms with E-state index in [1.54, 1.807) is 0 Å². The van der Waals surface area contributed by atoms with Crippen LogP contribution in [0.15, 0.2) is 47.1 Å². The quantitative estimate of drug-likeness (QED) is 0.762. The van der Waals surface area contributed by atoms with E-state index in [1.807, 2.05) is 31.3 Å². The van der Waals surface area contributed by atoms with Crippen molar-refractivity contribution in [2.75, 3.05) is 5.32 Å². The van der Waals surface area contributed by atoms with E-state index in [0.717, 1.165) is 28.0 Å². The molecular formula is C14H13N3O. The second kappa shape index (κ2) is 4.49. The van der Waals surface area contributed by atoms with Crippen molar-refractivity contribution in [1.29, 1.82) is 0 Å². The number of aryl methyl sites for hydroxylation is 1. The zero-order chi connectivity index (χ0) is 12.4. The number of fused-ring (bicyclic) bond motifs is 1. The molecule has 0 fully saturated rings. The standard InChI is InChI=1S/C14H13N3O/c1-10-8-13(17-18-10)16-9-12-5-2-4-11-6-3-7-15-14(11)12/h2-8H,9H2,1H3,(H,16,17). The third-order valence-corrected chi connectivity index (χ3v) is 2.80. The zero-order valence-electron chi connectivity index (χ0n) is 10.1. The Labute approximate surface area is 105 Å². The Kier molecular flexibility index (Phi) is 2.68. The van der Waals surface area contributed by atoms with E-state index in [0.29, 0.717) is 6.54 Å². The van der Waals surface area contributed by atoms with Crippen LogP contribution in [0.1, 0.15) is 11.3 Å². The molecule has 2 heterocycles. The van der Waals surface area contributed by atoms with Gasteiger partial charge in [0.1, 0.15) is 5.76 Å². The van der Waals surface area contributed by atoms with Crippen LogP contribution in [-0.4, -0.2) is 10.1 Å². The average Bonchev–Trinajstić information content (AvgIpc) is 2.82. The van der Waals surface area contributed by atoms with Gasteiger partial charge in [-0.15, -0.1) is 0 Å². The highest BCUT2D eigenvalue weighted by Crippen LogP contribution is 2.17. The van der Waals surface area contributed by atoms with Crippen molar-refractivity contribution >= 4 is 16.7 Å². The molecular weight excluding hydrogens is 226 g/mol. The molecule has 0 saturated carbocycles. The van der Waals surface area contributed by atoms with E-state index in [2.05, 4.69) is 33.7 Å². The molecule has 4 heteroatoms. The van der Waals surface area contributed by atoms with Gasteiger partial charge in [0, 0.05) is 24.2 Å². The first kappa shape index (κ1) is 10.8. The summed E-state index contributed by atoms with van der Waals surface area (Å²) < 4.78 is 5.01. The van der Waals surface area contributed by atoms with E-state index in [-0.39, 0.29) is 0 Å². The van der Waals surface area contributed by atoms with Crippen LogP contribution in [0.25, 0.3) is 10.9 Å². The summed E-state index contributed by atoms with van der Waals surface area (Å²) in [6.07, 6.45) is 1.81. The summed E-state index contributed by atoms with van der Waals surface area (Å²) in [7, 11) is 0. The Hall–Kier alpha value is -2.36. The van der Waals surface area contributed by atoms with E-state index in [1.165, 1.54) is 0 Å². The fourth-order valence-electron chi connectivity index (χ4n) is 1.95. The molecule has 0 atom stereocenters. The number of benzene rings is 1. The molecule has 2 aromatic heterocycles. The van der Waals surface area contributed by atoms with Crippen LogP contribution in [0.2, 0.25) is 0 Å². The maximum Gasteiger partial charge on any atom is 0.169 e. The molecule has 0 unspecified atom stereocenters. The second-order valence-corrected chi connectivity index (χ2v) is 4.17. The summed E-state index contributed by atoms with van der Waals surface area (Å²) >= 11 is 0. The van der Waals surface area contributed by atoms with Crippen LogP contribution >= 0.6 is 0 Å². The largest absolute Gasteiger partial charge is 0.363 e. The predicted octanol–water partition coefficient (Wildman–Crippen LogP) is 3.14. The van der Waals surface area contributed by atoms with E-state index in [9.17, 15) is 0 Å². The average molecular weight is 239 g/mol. The number of anilines is 1. The Morgan fingerprint density at radius 2 is 2.11 bits per heavy atom. The van der Waals surface area contributed by atoms with Gasteiger partial charge < -0.3 is 9.84 Å². The monoisotopic (exact) mass is 239 g/mol. The summed E-state index contributed by atoms with van der Waals surface area (Å²) in [5, 5.41) is 8.28. The lowest BCUT2D eigenvalue weighted by atomic mass is 10.1. The Bertz CT molecular complexity index is 670. The van der Waals surface area contributed by atoms with E-state index >= 15 is 0 Å². The molecule has 0 amide bonds. The van der Waals surface area contributed by atoms with Crippen molar-refractivity contribution in [3.63, 3.8) is 0 Å². The van der Waals surface area contributed by atoms with Gasteiger partial charge in [-0.05, 0) is 18.6 Å². The molecule has 0 spiro atoms. The lowest BCUT2D eigenvalue weighted by molar-refractivity contribution is 0.399. The number of pyridine rings is 1. The maximum atomic E-state index is 5.01. The normalized spacial score (nSPS) is 10.7. The molecule has 1 aromatic carbocycles. The highest BCUT2D eigenvalue weighted by Gasteiger charge is 2.03. The summed E-state index contributed by atoms with van der Waals surface area (Å²) in [4.78, 5) is 4.41. The third-order valence-electron chi connectivity index (χ3n) is 2.80. The molecule has 4 nitrogen and oxygen atoms in total. The lowest BCUT2D eigenvalue weighted by Gasteiger charge is -2.05. The van der Waals surface area contributed by atoms with Crippen LogP contribution in [0, 0.1) is 6.92 Å². The summed E-state index contributed by atoms with van der Waals surface area (Å²) in [6.45, 7) is 2.55. The molecule has 18 heavy (non-hydrogen) atoms. The van der Waals surface area contributed by atoms with Crippen molar-refractivity contribution in [2.24, 2.45) is 0 Å². The first-order chi connectivity index (χ1) is 8.83. The van der Waals surface area contributed by atoms with Gasteiger partial charge in [0.05, 0.1) is 5.52 Å². The molecule has 3 rings (SSSR count). The molecule has 0 aliphatic carbocycles. The van der Waals surface area contributed by atoms with Crippen molar-refractivity contribution in [1.82, 2.24) is 10.1 Å². The topological polar surface area (TPSA) is 51.0 Å². The predicted molar refractivity (Wildman–Crippen MR) is 70.3 cm³/mol. The molecule has 0 radical (unpaired) electrons. The van der Waals surface area contributed by atoms with Crippen LogP contribution in [0.5, 0.6) is 0 Å². The Morgan fingerprint density at radius 3 is 2.94 bits per heavy atom. The van der Waals surface area contributed by atoms with E-state index < -0.39 is 0 Å². The Balaban J connectivity index is 1.86. The number of aromatic nitrogens is 2. The molecule has 0 aliphatic heterocycles.